The van der Waals surface area contributed by atoms with Gasteiger partial charge in [0.2, 0.25) is 11.8 Å². The van der Waals surface area contributed by atoms with E-state index < -0.39 is 0 Å². The van der Waals surface area contributed by atoms with Crippen molar-refractivity contribution in [2.75, 3.05) is 0 Å². The first-order chi connectivity index (χ1) is 5.11. The fourth-order valence-electron chi connectivity index (χ4n) is 0.595. The van der Waals surface area contributed by atoms with Crippen LogP contribution in [0.5, 0.6) is 0 Å². The molecule has 1 rings (SSSR count). The summed E-state index contributed by atoms with van der Waals surface area (Å²) in [4.78, 5) is 26.0. The molecule has 0 bridgehead atoms. The molecule has 0 saturated heterocycles. The minimum Gasteiger partial charge on any atom is -0.272 e. The molecule has 1 aliphatic rings. The van der Waals surface area contributed by atoms with E-state index in [4.69, 9.17) is 4.94 Å². The van der Waals surface area contributed by atoms with Crippen LogP contribution in [0.3, 0.4) is 0 Å². The number of nitrogens with zero attached hydrogens (tertiary/aromatic N) is 2. The second-order valence-electron chi connectivity index (χ2n) is 2.07. The lowest BCUT2D eigenvalue weighted by atomic mass is 10.6. The minimum absolute atomic E-state index is 0.273. The minimum atomic E-state index is -0.273. The second-order valence-corrected chi connectivity index (χ2v) is 2.07. The van der Waals surface area contributed by atoms with Crippen molar-refractivity contribution in [3.63, 3.8) is 0 Å². The van der Waals surface area contributed by atoms with E-state index in [1.807, 2.05) is 0 Å². The van der Waals surface area contributed by atoms with E-state index >= 15 is 0 Å². The van der Waals surface area contributed by atoms with Crippen LogP contribution in [0, 0.1) is 0 Å². The van der Waals surface area contributed by atoms with Gasteiger partial charge >= 0.3 is 0 Å². The molecule has 11 heavy (non-hydrogen) atoms. The average Bonchev–Trinajstić information content (AvgIpc) is 2.33. The van der Waals surface area contributed by atoms with E-state index in [2.05, 4.69) is 0 Å². The van der Waals surface area contributed by atoms with E-state index in [1.54, 1.807) is 0 Å². The summed E-state index contributed by atoms with van der Waals surface area (Å²) in [5, 5.41) is 1.95. The van der Waals surface area contributed by atoms with E-state index in [-0.39, 0.29) is 11.8 Å². The van der Waals surface area contributed by atoms with Crippen molar-refractivity contribution in [3.8, 4) is 0 Å². The lowest BCUT2D eigenvalue weighted by molar-refractivity contribution is -0.243. The molecule has 0 N–H and O–H groups in total. The van der Waals surface area contributed by atoms with Crippen LogP contribution in [0.2, 0.25) is 0 Å². The summed E-state index contributed by atoms with van der Waals surface area (Å²) >= 11 is 0. The molecular weight excluding hydrogens is 148 g/mol. The molecule has 0 saturated carbocycles. The highest BCUT2D eigenvalue weighted by atomic mass is 16.9. The Balaban J connectivity index is 2.56. The van der Waals surface area contributed by atoms with Crippen molar-refractivity contribution in [2.45, 2.75) is 13.8 Å². The second kappa shape index (κ2) is 2.71. The molecule has 0 spiro atoms. The molecule has 0 radical (unpaired) electrons. The molecule has 1 heterocycles. The summed E-state index contributed by atoms with van der Waals surface area (Å²) in [7, 11) is 0. The van der Waals surface area contributed by atoms with Crippen LogP contribution in [0.15, 0.2) is 12.4 Å². The summed E-state index contributed by atoms with van der Waals surface area (Å²) in [6.07, 6.45) is 2.76. The van der Waals surface area contributed by atoms with Crippen molar-refractivity contribution in [3.05, 3.63) is 12.4 Å². The summed E-state index contributed by atoms with van der Waals surface area (Å²) in [6, 6.07) is 0. The van der Waals surface area contributed by atoms with Crippen LogP contribution in [-0.2, 0) is 14.5 Å². The zero-order chi connectivity index (χ0) is 8.43. The number of hydroxylamine groups is 4. The van der Waals surface area contributed by atoms with E-state index in [0.29, 0.717) is 0 Å². The number of amides is 2. The summed E-state index contributed by atoms with van der Waals surface area (Å²) in [5.41, 5.74) is 0. The van der Waals surface area contributed by atoms with Gasteiger partial charge < -0.3 is 0 Å². The Morgan fingerprint density at radius 2 is 1.45 bits per heavy atom. The Morgan fingerprint density at radius 1 is 1.09 bits per heavy atom. The number of hydrogen-bond acceptors (Lipinski definition) is 3. The highest BCUT2D eigenvalue weighted by molar-refractivity contribution is 5.76. The first kappa shape index (κ1) is 7.74. The van der Waals surface area contributed by atoms with Gasteiger partial charge in [-0.15, -0.1) is 4.94 Å². The van der Waals surface area contributed by atoms with Crippen LogP contribution < -0.4 is 0 Å². The van der Waals surface area contributed by atoms with Gasteiger partial charge in [0.15, 0.2) is 0 Å². The molecule has 1 aliphatic heterocycles. The van der Waals surface area contributed by atoms with Crippen LogP contribution in [0.1, 0.15) is 13.8 Å². The molecule has 2 amide bonds. The number of carbonyl (C=O) groups excluding carboxylic acids is 2. The summed E-state index contributed by atoms with van der Waals surface area (Å²) in [6.45, 7) is 2.68. The fourth-order valence-corrected chi connectivity index (χ4v) is 0.595. The van der Waals surface area contributed by atoms with E-state index in [0.717, 1.165) is 10.1 Å². The molecule has 5 nitrogen and oxygen atoms in total. The normalized spacial score (nSPS) is 15.8. The van der Waals surface area contributed by atoms with Gasteiger partial charge in [-0.25, -0.2) is 0 Å². The molecule has 60 valence electrons. The lowest BCUT2D eigenvalue weighted by Crippen LogP contribution is -2.28. The molecule has 0 unspecified atom stereocenters. The van der Waals surface area contributed by atoms with Crippen LogP contribution in [0.25, 0.3) is 0 Å². The zero-order valence-electron chi connectivity index (χ0n) is 6.27. The van der Waals surface area contributed by atoms with Crippen molar-refractivity contribution < 1.29 is 14.5 Å². The Labute approximate surface area is 63.7 Å². The third-order valence-corrected chi connectivity index (χ3v) is 1.13. The summed E-state index contributed by atoms with van der Waals surface area (Å²) in [5.74, 6) is -0.546. The standard InChI is InChI=1S/C6H8N2O3/c1-5(9)7-3-4-8(11-7)6(2)10/h3-4H,1-2H3. The van der Waals surface area contributed by atoms with E-state index in [9.17, 15) is 9.59 Å². The molecular formula is C6H8N2O3. The van der Waals surface area contributed by atoms with Gasteiger partial charge in [-0.05, 0) is 0 Å². The van der Waals surface area contributed by atoms with Gasteiger partial charge in [0.1, 0.15) is 0 Å². The molecule has 0 aromatic carbocycles. The Hall–Kier alpha value is -1.36. The monoisotopic (exact) mass is 156 g/mol. The van der Waals surface area contributed by atoms with Gasteiger partial charge in [0.05, 0.1) is 12.4 Å². The SMILES string of the molecule is CC(=O)N1C=CN(C(C)=O)O1. The first-order valence-electron chi connectivity index (χ1n) is 3.07. The highest BCUT2D eigenvalue weighted by Crippen LogP contribution is 2.07. The van der Waals surface area contributed by atoms with E-state index in [1.165, 1.54) is 26.2 Å². The third kappa shape index (κ3) is 1.56. The molecule has 0 atom stereocenters. The maximum Gasteiger partial charge on any atom is 0.249 e. The largest absolute Gasteiger partial charge is 0.272 e. The summed E-state index contributed by atoms with van der Waals surface area (Å²) < 4.78 is 0. The topological polar surface area (TPSA) is 49.9 Å². The highest BCUT2D eigenvalue weighted by Gasteiger charge is 2.19. The maximum absolute atomic E-state index is 10.6. The molecule has 0 aromatic rings. The van der Waals surface area contributed by atoms with Crippen molar-refractivity contribution in [2.24, 2.45) is 0 Å². The fraction of sp³-hybridized carbons (Fsp3) is 0.333. The first-order valence-corrected chi connectivity index (χ1v) is 3.07. The van der Waals surface area contributed by atoms with Crippen LogP contribution in [0.4, 0.5) is 0 Å². The van der Waals surface area contributed by atoms with Crippen molar-refractivity contribution in [1.29, 1.82) is 0 Å². The van der Waals surface area contributed by atoms with Gasteiger partial charge in [-0.1, -0.05) is 0 Å². The van der Waals surface area contributed by atoms with Gasteiger partial charge in [-0.2, -0.15) is 10.1 Å². The Kier molecular flexibility index (Phi) is 1.91. The van der Waals surface area contributed by atoms with Gasteiger partial charge in [0.25, 0.3) is 0 Å². The predicted molar refractivity (Wildman–Crippen MR) is 35.3 cm³/mol. The maximum atomic E-state index is 10.6. The van der Waals surface area contributed by atoms with Crippen molar-refractivity contribution in [1.82, 2.24) is 10.1 Å². The number of carbonyl (C=O) groups is 2. The molecule has 5 heteroatoms. The Bertz CT molecular complexity index is 202. The predicted octanol–water partition coefficient (Wildman–Crippen LogP) is 0.0148. The molecule has 0 aliphatic carbocycles. The number of rotatable bonds is 0. The average molecular weight is 156 g/mol. The van der Waals surface area contributed by atoms with Gasteiger partial charge in [-0.3, -0.25) is 9.59 Å². The Morgan fingerprint density at radius 3 is 1.64 bits per heavy atom. The third-order valence-electron chi connectivity index (χ3n) is 1.13. The molecule has 0 aromatic heterocycles. The van der Waals surface area contributed by atoms with Gasteiger partial charge in [0, 0.05) is 13.8 Å². The molecule has 0 fully saturated rings. The quantitative estimate of drug-likeness (QED) is 0.496. The number of hydrogen-bond donors (Lipinski definition) is 0. The lowest BCUT2D eigenvalue weighted by Gasteiger charge is -2.13. The zero-order valence-corrected chi connectivity index (χ0v) is 6.27. The van der Waals surface area contributed by atoms with Crippen LogP contribution in [-0.4, -0.2) is 21.9 Å². The smallest absolute Gasteiger partial charge is 0.249 e. The van der Waals surface area contributed by atoms with Crippen LogP contribution >= 0.6 is 0 Å². The van der Waals surface area contributed by atoms with Crippen molar-refractivity contribution >= 4 is 11.8 Å².